The third-order valence-electron chi connectivity index (χ3n) is 5.11. The SMILES string of the molecule is COc1ccc(NC(=O)Cn2cccc2-c2nc(-c3ccc(OC)c(OC)c3)no2)c(OC)c1. The fourth-order valence-electron chi connectivity index (χ4n) is 3.41. The average molecular weight is 464 g/mol. The van der Waals surface area contributed by atoms with Crippen molar-refractivity contribution in [1.82, 2.24) is 14.7 Å². The van der Waals surface area contributed by atoms with Crippen LogP contribution in [0.15, 0.2) is 59.3 Å². The van der Waals surface area contributed by atoms with Gasteiger partial charge >= 0.3 is 0 Å². The quantitative estimate of drug-likeness (QED) is 0.397. The summed E-state index contributed by atoms with van der Waals surface area (Å²) in [5.74, 6) is 2.70. The number of ether oxygens (including phenoxy) is 4. The van der Waals surface area contributed by atoms with Gasteiger partial charge in [-0.15, -0.1) is 0 Å². The molecule has 4 aromatic rings. The second kappa shape index (κ2) is 9.99. The molecule has 0 aliphatic carbocycles. The molecule has 1 amide bonds. The fourth-order valence-corrected chi connectivity index (χ4v) is 3.41. The van der Waals surface area contributed by atoms with Crippen LogP contribution in [-0.4, -0.2) is 49.1 Å². The molecule has 34 heavy (non-hydrogen) atoms. The van der Waals surface area contributed by atoms with E-state index in [2.05, 4.69) is 15.5 Å². The van der Waals surface area contributed by atoms with Crippen molar-refractivity contribution in [3.63, 3.8) is 0 Å². The highest BCUT2D eigenvalue weighted by Crippen LogP contribution is 2.32. The zero-order valence-corrected chi connectivity index (χ0v) is 19.2. The van der Waals surface area contributed by atoms with Crippen molar-refractivity contribution in [3.8, 4) is 46.0 Å². The van der Waals surface area contributed by atoms with Crippen molar-refractivity contribution in [3.05, 3.63) is 54.7 Å². The largest absolute Gasteiger partial charge is 0.497 e. The molecule has 0 saturated heterocycles. The van der Waals surface area contributed by atoms with E-state index in [0.717, 1.165) is 0 Å². The number of hydrogen-bond donors (Lipinski definition) is 1. The first-order chi connectivity index (χ1) is 16.6. The summed E-state index contributed by atoms with van der Waals surface area (Å²) >= 11 is 0. The van der Waals surface area contributed by atoms with Crippen LogP contribution in [0.2, 0.25) is 0 Å². The van der Waals surface area contributed by atoms with E-state index in [0.29, 0.717) is 45.8 Å². The number of methoxy groups -OCH3 is 4. The Labute approximate surface area is 196 Å². The van der Waals surface area contributed by atoms with Crippen molar-refractivity contribution >= 4 is 11.6 Å². The molecule has 0 radical (unpaired) electrons. The zero-order valence-electron chi connectivity index (χ0n) is 19.2. The average Bonchev–Trinajstić information content (AvgIpc) is 3.53. The highest BCUT2D eigenvalue weighted by Gasteiger charge is 2.17. The lowest BCUT2D eigenvalue weighted by atomic mass is 10.2. The third kappa shape index (κ3) is 4.65. The Balaban J connectivity index is 1.52. The summed E-state index contributed by atoms with van der Waals surface area (Å²) in [7, 11) is 6.22. The number of rotatable bonds is 9. The maximum absolute atomic E-state index is 12.7. The van der Waals surface area contributed by atoms with Gasteiger partial charge in [0.2, 0.25) is 11.7 Å². The number of nitrogens with zero attached hydrogens (tertiary/aromatic N) is 3. The highest BCUT2D eigenvalue weighted by atomic mass is 16.5. The summed E-state index contributed by atoms with van der Waals surface area (Å²) in [6.07, 6.45) is 1.76. The van der Waals surface area contributed by atoms with Gasteiger partial charge in [-0.25, -0.2) is 0 Å². The van der Waals surface area contributed by atoms with Gasteiger partial charge in [-0.2, -0.15) is 4.98 Å². The van der Waals surface area contributed by atoms with Crippen LogP contribution in [0.3, 0.4) is 0 Å². The van der Waals surface area contributed by atoms with Gasteiger partial charge in [-0.05, 0) is 42.5 Å². The van der Waals surface area contributed by atoms with Gasteiger partial charge in [0.15, 0.2) is 11.5 Å². The van der Waals surface area contributed by atoms with Crippen LogP contribution >= 0.6 is 0 Å². The Kier molecular flexibility index (Phi) is 6.67. The Bertz CT molecular complexity index is 1300. The molecule has 0 aliphatic heterocycles. The molecule has 0 spiro atoms. The monoisotopic (exact) mass is 464 g/mol. The molecular formula is C24H24N4O6. The Morgan fingerprint density at radius 1 is 0.941 bits per heavy atom. The first kappa shape index (κ1) is 22.7. The number of aromatic nitrogens is 3. The Morgan fingerprint density at radius 2 is 1.74 bits per heavy atom. The summed E-state index contributed by atoms with van der Waals surface area (Å²) < 4.78 is 28.3. The predicted molar refractivity (Wildman–Crippen MR) is 124 cm³/mol. The molecule has 0 saturated carbocycles. The molecule has 0 fully saturated rings. The maximum Gasteiger partial charge on any atom is 0.274 e. The molecule has 2 heterocycles. The third-order valence-corrected chi connectivity index (χ3v) is 5.11. The van der Waals surface area contributed by atoms with E-state index < -0.39 is 0 Å². The first-order valence-corrected chi connectivity index (χ1v) is 10.3. The molecule has 0 aliphatic rings. The fraction of sp³-hybridized carbons (Fsp3) is 0.208. The van der Waals surface area contributed by atoms with Crippen molar-refractivity contribution < 1.29 is 28.3 Å². The lowest BCUT2D eigenvalue weighted by molar-refractivity contribution is -0.116. The van der Waals surface area contributed by atoms with Crippen molar-refractivity contribution in [2.45, 2.75) is 6.54 Å². The van der Waals surface area contributed by atoms with E-state index in [-0.39, 0.29) is 18.3 Å². The molecule has 176 valence electrons. The number of benzene rings is 2. The Morgan fingerprint density at radius 3 is 2.47 bits per heavy atom. The van der Waals surface area contributed by atoms with Gasteiger partial charge in [0, 0.05) is 17.8 Å². The zero-order chi connectivity index (χ0) is 24.1. The number of carbonyl (C=O) groups is 1. The number of amides is 1. The van der Waals surface area contributed by atoms with Crippen LogP contribution in [0.25, 0.3) is 23.0 Å². The molecule has 10 heteroatoms. The predicted octanol–water partition coefficient (Wildman–Crippen LogP) is 3.88. The van der Waals surface area contributed by atoms with Crippen LogP contribution in [0.5, 0.6) is 23.0 Å². The van der Waals surface area contributed by atoms with Crippen LogP contribution in [0, 0.1) is 0 Å². The molecule has 2 aromatic carbocycles. The van der Waals surface area contributed by atoms with Gasteiger partial charge in [-0.1, -0.05) is 5.16 Å². The van der Waals surface area contributed by atoms with Gasteiger partial charge in [0.1, 0.15) is 23.7 Å². The second-order valence-electron chi connectivity index (χ2n) is 7.13. The van der Waals surface area contributed by atoms with Gasteiger partial charge in [0.25, 0.3) is 5.89 Å². The van der Waals surface area contributed by atoms with E-state index in [1.165, 1.54) is 7.11 Å². The lowest BCUT2D eigenvalue weighted by Crippen LogP contribution is -2.19. The minimum atomic E-state index is -0.249. The summed E-state index contributed by atoms with van der Waals surface area (Å²) in [4.78, 5) is 17.2. The van der Waals surface area contributed by atoms with E-state index in [1.54, 1.807) is 74.6 Å². The van der Waals surface area contributed by atoms with Crippen LogP contribution in [0.1, 0.15) is 0 Å². The Hall–Kier alpha value is -4.47. The van der Waals surface area contributed by atoms with E-state index in [4.69, 9.17) is 23.5 Å². The lowest BCUT2D eigenvalue weighted by Gasteiger charge is -2.12. The number of nitrogens with one attached hydrogen (secondary N) is 1. The van der Waals surface area contributed by atoms with Gasteiger partial charge in [0.05, 0.1) is 34.1 Å². The molecule has 1 N–H and O–H groups in total. The molecule has 0 unspecified atom stereocenters. The van der Waals surface area contributed by atoms with Crippen molar-refractivity contribution in [1.29, 1.82) is 0 Å². The van der Waals surface area contributed by atoms with E-state index in [1.807, 2.05) is 6.07 Å². The van der Waals surface area contributed by atoms with Gasteiger partial charge in [-0.3, -0.25) is 4.79 Å². The van der Waals surface area contributed by atoms with Crippen LogP contribution in [-0.2, 0) is 11.3 Å². The van der Waals surface area contributed by atoms with Crippen molar-refractivity contribution in [2.75, 3.05) is 33.8 Å². The molecule has 4 rings (SSSR count). The normalized spacial score (nSPS) is 10.6. The van der Waals surface area contributed by atoms with Crippen molar-refractivity contribution in [2.24, 2.45) is 0 Å². The number of carbonyl (C=O) groups excluding carboxylic acids is 1. The standard InChI is InChI=1S/C24H24N4O6/c1-30-16-8-9-17(20(13-16)32-3)25-22(29)14-28-11-5-6-18(28)24-26-23(27-34-24)15-7-10-19(31-2)21(12-15)33-4/h5-13H,14H2,1-4H3,(H,25,29). The second-order valence-corrected chi connectivity index (χ2v) is 7.13. The maximum atomic E-state index is 12.7. The summed E-state index contributed by atoms with van der Waals surface area (Å²) in [6.45, 7) is 0.0333. The minimum absolute atomic E-state index is 0.0333. The topological polar surface area (TPSA) is 110 Å². The summed E-state index contributed by atoms with van der Waals surface area (Å²) in [5, 5.41) is 6.93. The number of anilines is 1. The molecule has 2 aromatic heterocycles. The minimum Gasteiger partial charge on any atom is -0.497 e. The molecule has 10 nitrogen and oxygen atoms in total. The summed E-state index contributed by atoms with van der Waals surface area (Å²) in [5.41, 5.74) is 1.85. The molecule has 0 atom stereocenters. The first-order valence-electron chi connectivity index (χ1n) is 10.3. The van der Waals surface area contributed by atoms with Crippen LogP contribution in [0.4, 0.5) is 5.69 Å². The molecular weight excluding hydrogens is 440 g/mol. The van der Waals surface area contributed by atoms with Crippen LogP contribution < -0.4 is 24.3 Å². The molecule has 0 bridgehead atoms. The smallest absolute Gasteiger partial charge is 0.274 e. The highest BCUT2D eigenvalue weighted by molar-refractivity contribution is 5.92. The van der Waals surface area contributed by atoms with Gasteiger partial charge < -0.3 is 33.4 Å². The number of hydrogen-bond acceptors (Lipinski definition) is 8. The van der Waals surface area contributed by atoms with E-state index in [9.17, 15) is 4.79 Å². The van der Waals surface area contributed by atoms with E-state index >= 15 is 0 Å². The summed E-state index contributed by atoms with van der Waals surface area (Å²) in [6, 6.07) is 14.1.